The van der Waals surface area contributed by atoms with Gasteiger partial charge in [0.15, 0.2) is 15.8 Å². The van der Waals surface area contributed by atoms with Gasteiger partial charge in [-0.3, -0.25) is 45.3 Å². The van der Waals surface area contributed by atoms with Gasteiger partial charge in [0, 0.05) is 35.4 Å². The zero-order valence-corrected chi connectivity index (χ0v) is 17.7. The van der Waals surface area contributed by atoms with E-state index in [1.807, 2.05) is 0 Å². The van der Waals surface area contributed by atoms with Crippen molar-refractivity contribution in [1.29, 1.82) is 0 Å². The molecule has 0 aliphatic rings. The number of carbonyl (C=O) groups excluding carboxylic acids is 1. The molecular weight excluding hydrogens is 500 g/mol. The molecule has 21 heteroatoms. The van der Waals surface area contributed by atoms with Gasteiger partial charge in [-0.2, -0.15) is 0 Å². The highest BCUT2D eigenvalue weighted by Crippen LogP contribution is 2.41. The SMILES string of the molecule is CN(c1c([N+](=O)[O-])cc(C(=O)c2cc([N+](=O)[O-])c(N(C)[N+](=O)[O-])c([N+](=O)[O-])c2)cc1[N+](=O)[O-])[N+](=O)[O-]. The number of ketones is 1. The first kappa shape index (κ1) is 26.4. The summed E-state index contributed by atoms with van der Waals surface area (Å²) in [6.07, 6.45) is 0. The van der Waals surface area contributed by atoms with Crippen LogP contribution >= 0.6 is 0 Å². The molecule has 0 fully saturated rings. The molecule has 0 heterocycles. The normalized spacial score (nSPS) is 10.3. The number of nitro benzene ring substituents is 4. The number of hydrogen-bond donors (Lipinski definition) is 0. The molecule has 2 aromatic rings. The van der Waals surface area contributed by atoms with Gasteiger partial charge in [0.1, 0.15) is 0 Å². The Hall–Kier alpha value is -5.89. The molecule has 188 valence electrons. The maximum atomic E-state index is 13.0. The van der Waals surface area contributed by atoms with Crippen molar-refractivity contribution in [3.8, 4) is 0 Å². The van der Waals surface area contributed by atoms with Crippen LogP contribution in [0.15, 0.2) is 24.3 Å². The summed E-state index contributed by atoms with van der Waals surface area (Å²) in [6, 6.07) is 1.61. The molecule has 0 unspecified atom stereocenters. The number of anilines is 2. The lowest BCUT2D eigenvalue weighted by molar-refractivity contribution is -0.493. The van der Waals surface area contributed by atoms with Gasteiger partial charge in [0.25, 0.3) is 11.4 Å². The predicted molar refractivity (Wildman–Crippen MR) is 114 cm³/mol. The summed E-state index contributed by atoms with van der Waals surface area (Å²) >= 11 is 0. The Labute approximate surface area is 195 Å². The Kier molecular flexibility index (Phi) is 6.98. The van der Waals surface area contributed by atoms with Crippen molar-refractivity contribution in [2.24, 2.45) is 0 Å². The van der Waals surface area contributed by atoms with Crippen LogP contribution in [-0.2, 0) is 0 Å². The summed E-state index contributed by atoms with van der Waals surface area (Å²) in [6.45, 7) is 0. The van der Waals surface area contributed by atoms with Crippen LogP contribution < -0.4 is 10.0 Å². The maximum Gasteiger partial charge on any atom is 0.306 e. The molecule has 0 saturated carbocycles. The lowest BCUT2D eigenvalue weighted by atomic mass is 9.99. The van der Waals surface area contributed by atoms with Gasteiger partial charge in [-0.05, 0) is 0 Å². The molecule has 0 radical (unpaired) electrons. The topological polar surface area (TPSA) is 282 Å². The fraction of sp³-hybridized carbons (Fsp3) is 0.133. The van der Waals surface area contributed by atoms with E-state index in [4.69, 9.17) is 0 Å². The van der Waals surface area contributed by atoms with E-state index in [0.29, 0.717) is 38.4 Å². The molecule has 0 aliphatic heterocycles. The highest BCUT2D eigenvalue weighted by Gasteiger charge is 2.38. The number of hydrogen-bond acceptors (Lipinski definition) is 13. The number of rotatable bonds is 10. The van der Waals surface area contributed by atoms with Crippen molar-refractivity contribution >= 4 is 39.9 Å². The first-order valence-electron chi connectivity index (χ1n) is 8.84. The zero-order valence-electron chi connectivity index (χ0n) is 17.7. The zero-order chi connectivity index (χ0) is 27.6. The second-order valence-electron chi connectivity index (χ2n) is 6.61. The van der Waals surface area contributed by atoms with Crippen LogP contribution in [0.3, 0.4) is 0 Å². The first-order valence-corrected chi connectivity index (χ1v) is 8.84. The molecule has 0 aliphatic carbocycles. The average molecular weight is 510 g/mol. The molecular formula is C15H10N8O13. The second-order valence-corrected chi connectivity index (χ2v) is 6.61. The van der Waals surface area contributed by atoms with Crippen molar-refractivity contribution in [3.05, 3.63) is 96.1 Å². The Bertz CT molecular complexity index is 1200. The average Bonchev–Trinajstić information content (AvgIpc) is 2.80. The van der Waals surface area contributed by atoms with Crippen molar-refractivity contribution in [1.82, 2.24) is 0 Å². The number of nitrogens with zero attached hydrogens (tertiary/aromatic N) is 8. The van der Waals surface area contributed by atoms with Gasteiger partial charge < -0.3 is 0 Å². The maximum absolute atomic E-state index is 13.0. The van der Waals surface area contributed by atoms with E-state index < -0.39 is 80.8 Å². The van der Waals surface area contributed by atoms with E-state index >= 15 is 0 Å². The van der Waals surface area contributed by atoms with Crippen molar-refractivity contribution < 1.29 is 34.6 Å². The van der Waals surface area contributed by atoms with Gasteiger partial charge in [-0.15, -0.1) is 0 Å². The van der Waals surface area contributed by atoms with Gasteiger partial charge in [-0.1, -0.05) is 10.0 Å². The molecule has 0 N–H and O–H groups in total. The fourth-order valence-electron chi connectivity index (χ4n) is 3.02. The molecule has 21 nitrogen and oxygen atoms in total. The second kappa shape index (κ2) is 9.54. The molecule has 2 aromatic carbocycles. The summed E-state index contributed by atoms with van der Waals surface area (Å²) in [7, 11) is 1.32. The molecule has 0 saturated heterocycles. The molecule has 0 bridgehead atoms. The van der Waals surface area contributed by atoms with Crippen LogP contribution in [0.4, 0.5) is 34.1 Å². The minimum absolute atomic E-state index is 0.0392. The summed E-state index contributed by atoms with van der Waals surface area (Å²) in [5, 5.41) is 65.5. The molecule has 0 aromatic heterocycles. The molecule has 0 spiro atoms. The quantitative estimate of drug-likeness (QED) is 0.250. The predicted octanol–water partition coefficient (Wildman–Crippen LogP) is 1.81. The number of nitro groups is 6. The summed E-state index contributed by atoms with van der Waals surface area (Å²) < 4.78 is 0. The van der Waals surface area contributed by atoms with Crippen molar-refractivity contribution in [2.45, 2.75) is 0 Å². The number of benzene rings is 2. The minimum Gasteiger partial charge on any atom is -0.289 e. The van der Waals surface area contributed by atoms with Crippen molar-refractivity contribution in [3.63, 3.8) is 0 Å². The standard InChI is InChI=1S/C15H10N8O13/c1-16(22(33)34)13-9(18(25)26)3-7(4-10(13)19(27)28)15(24)8-5-11(20(29)30)14(17(2)23(35)36)12(6-8)21(31)32/h3-6H,1-2H3. The Morgan fingerprint density at radius 2 is 0.778 bits per heavy atom. The lowest BCUT2D eigenvalue weighted by Crippen LogP contribution is -2.27. The number of carbonyl (C=O) groups is 1. The smallest absolute Gasteiger partial charge is 0.289 e. The van der Waals surface area contributed by atoms with Crippen LogP contribution in [0.5, 0.6) is 0 Å². The van der Waals surface area contributed by atoms with E-state index in [1.165, 1.54) is 0 Å². The van der Waals surface area contributed by atoms with E-state index in [2.05, 4.69) is 0 Å². The molecule has 2 rings (SSSR count). The molecule has 0 atom stereocenters. The minimum atomic E-state index is -1.43. The van der Waals surface area contributed by atoms with Gasteiger partial charge in [0.2, 0.25) is 0 Å². The summed E-state index contributed by atoms with van der Waals surface area (Å²) in [5.74, 6) is -1.43. The third kappa shape index (κ3) is 4.73. The van der Waals surface area contributed by atoms with E-state index in [1.54, 1.807) is 0 Å². The lowest BCUT2D eigenvalue weighted by Gasteiger charge is -2.12. The highest BCUT2D eigenvalue weighted by atomic mass is 16.7. The Balaban J connectivity index is 2.91. The van der Waals surface area contributed by atoms with Crippen molar-refractivity contribution in [2.75, 3.05) is 24.1 Å². The van der Waals surface area contributed by atoms with E-state index in [9.17, 15) is 65.5 Å². The van der Waals surface area contributed by atoms with Crippen LogP contribution in [0.2, 0.25) is 0 Å². The molecule has 0 amide bonds. The monoisotopic (exact) mass is 510 g/mol. The Morgan fingerprint density at radius 1 is 0.556 bits per heavy atom. The van der Waals surface area contributed by atoms with E-state index in [-0.39, 0.29) is 10.0 Å². The summed E-state index contributed by atoms with van der Waals surface area (Å²) in [4.78, 5) is 76.0. The van der Waals surface area contributed by atoms with E-state index in [0.717, 1.165) is 0 Å². The Morgan fingerprint density at radius 3 is 0.944 bits per heavy atom. The van der Waals surface area contributed by atoms with Gasteiger partial charge in [0.05, 0.1) is 33.8 Å². The fourth-order valence-corrected chi connectivity index (χ4v) is 3.02. The van der Waals surface area contributed by atoms with Gasteiger partial charge >= 0.3 is 22.7 Å². The summed E-state index contributed by atoms with van der Waals surface area (Å²) in [5.41, 5.74) is -9.03. The molecule has 36 heavy (non-hydrogen) atoms. The first-order chi connectivity index (χ1) is 16.6. The van der Waals surface area contributed by atoms with Crippen LogP contribution in [-0.4, -0.2) is 49.6 Å². The van der Waals surface area contributed by atoms with Gasteiger partial charge in [-0.25, -0.2) is 20.2 Å². The third-order valence-corrected chi connectivity index (χ3v) is 4.59. The highest BCUT2D eigenvalue weighted by molar-refractivity contribution is 6.11. The van der Waals surface area contributed by atoms with Crippen LogP contribution in [0.25, 0.3) is 0 Å². The number of hydrazine groups is 2. The van der Waals surface area contributed by atoms with Crippen LogP contribution in [0.1, 0.15) is 15.9 Å². The van der Waals surface area contributed by atoms with Crippen LogP contribution in [0, 0.1) is 60.7 Å². The third-order valence-electron chi connectivity index (χ3n) is 4.59. The largest absolute Gasteiger partial charge is 0.306 e.